The van der Waals surface area contributed by atoms with E-state index in [9.17, 15) is 0 Å². The van der Waals surface area contributed by atoms with Crippen LogP contribution in [0.5, 0.6) is 11.5 Å². The van der Waals surface area contributed by atoms with Crippen LogP contribution in [0, 0.1) is 6.07 Å². The Balaban J connectivity index is 2.14. The average Bonchev–Trinajstić information content (AvgIpc) is 2.40. The zero-order chi connectivity index (χ0) is 12.1. The van der Waals surface area contributed by atoms with Gasteiger partial charge in [-0.3, -0.25) is 0 Å². The minimum Gasteiger partial charge on any atom is -0.457 e. The lowest BCUT2D eigenvalue weighted by Crippen LogP contribution is -1.93. The first-order chi connectivity index (χ1) is 8.29. The number of hydrogen-bond donors (Lipinski definition) is 1. The predicted octanol–water partition coefficient (Wildman–Crippen LogP) is 3.48. The van der Waals surface area contributed by atoms with E-state index in [1.165, 1.54) is 0 Å². The molecule has 17 heavy (non-hydrogen) atoms. The molecule has 0 atom stereocenters. The highest BCUT2D eigenvalue weighted by Crippen LogP contribution is 2.21. The number of rotatable bonds is 3. The van der Waals surface area contributed by atoms with E-state index in [4.69, 9.17) is 9.94 Å². The van der Waals surface area contributed by atoms with Crippen LogP contribution in [0.3, 0.4) is 0 Å². The topological polar surface area (TPSA) is 41.8 Å². The molecule has 0 unspecified atom stereocenters. The molecule has 0 aliphatic rings. The van der Waals surface area contributed by atoms with Gasteiger partial charge in [0.1, 0.15) is 11.5 Å². The van der Waals surface area contributed by atoms with Gasteiger partial charge in [-0.2, -0.15) is 0 Å². The van der Waals surface area contributed by atoms with E-state index < -0.39 is 0 Å². The van der Waals surface area contributed by atoms with E-state index in [1.807, 2.05) is 36.4 Å². The largest absolute Gasteiger partial charge is 0.457 e. The maximum absolute atomic E-state index is 8.65. The molecule has 0 amide bonds. The summed E-state index contributed by atoms with van der Waals surface area (Å²) in [6.07, 6.45) is 0. The molecule has 3 nitrogen and oxygen atoms in total. The smallest absolute Gasteiger partial charge is 0.127 e. The molecule has 0 bridgehead atoms. The van der Waals surface area contributed by atoms with Gasteiger partial charge in [0, 0.05) is 0 Å². The van der Waals surface area contributed by atoms with Gasteiger partial charge in [-0.05, 0) is 55.0 Å². The van der Waals surface area contributed by atoms with Crippen molar-refractivity contribution in [3.63, 3.8) is 0 Å². The minimum atomic E-state index is 0.575. The second kappa shape index (κ2) is 5.16. The molecule has 85 valence electrons. The van der Waals surface area contributed by atoms with Crippen molar-refractivity contribution in [2.75, 3.05) is 0 Å². The van der Waals surface area contributed by atoms with Crippen LogP contribution < -0.4 is 4.74 Å². The first-order valence-electron chi connectivity index (χ1n) is 5.22. The maximum Gasteiger partial charge on any atom is 0.127 e. The van der Waals surface area contributed by atoms with Crippen molar-refractivity contribution in [2.45, 2.75) is 6.92 Å². The highest BCUT2D eigenvalue weighted by molar-refractivity contribution is 5.98. The first-order valence-corrected chi connectivity index (χ1v) is 5.22. The summed E-state index contributed by atoms with van der Waals surface area (Å²) in [5, 5.41) is 11.8. The van der Waals surface area contributed by atoms with Crippen LogP contribution in [0.1, 0.15) is 12.5 Å². The van der Waals surface area contributed by atoms with E-state index in [2.05, 4.69) is 11.2 Å². The third kappa shape index (κ3) is 2.84. The lowest BCUT2D eigenvalue weighted by atomic mass is 10.1. The Hall–Kier alpha value is -2.29. The molecule has 0 spiro atoms. The molecular weight excluding hydrogens is 214 g/mol. The molecule has 1 N–H and O–H groups in total. The van der Waals surface area contributed by atoms with Gasteiger partial charge >= 0.3 is 0 Å². The molecule has 2 rings (SSSR count). The Morgan fingerprint density at radius 2 is 1.65 bits per heavy atom. The van der Waals surface area contributed by atoms with E-state index in [-0.39, 0.29) is 0 Å². The monoisotopic (exact) mass is 226 g/mol. The molecule has 0 saturated heterocycles. The molecule has 0 fully saturated rings. The Morgan fingerprint density at radius 3 is 2.24 bits per heavy atom. The molecule has 1 radical (unpaired) electrons. The lowest BCUT2D eigenvalue weighted by molar-refractivity contribution is 0.319. The molecule has 2 aromatic carbocycles. The van der Waals surface area contributed by atoms with Gasteiger partial charge in [0.15, 0.2) is 0 Å². The molecule has 0 heterocycles. The summed E-state index contributed by atoms with van der Waals surface area (Å²) in [5.41, 5.74) is 1.44. The van der Waals surface area contributed by atoms with Crippen molar-refractivity contribution >= 4 is 5.71 Å². The van der Waals surface area contributed by atoms with E-state index in [0.29, 0.717) is 5.71 Å². The zero-order valence-electron chi connectivity index (χ0n) is 9.42. The van der Waals surface area contributed by atoms with Crippen molar-refractivity contribution in [2.24, 2.45) is 5.16 Å². The normalized spacial score (nSPS) is 11.2. The fourth-order valence-corrected chi connectivity index (χ4v) is 1.40. The van der Waals surface area contributed by atoms with Crippen LogP contribution in [0.2, 0.25) is 0 Å². The predicted molar refractivity (Wildman–Crippen MR) is 65.8 cm³/mol. The van der Waals surface area contributed by atoms with Gasteiger partial charge < -0.3 is 9.94 Å². The highest BCUT2D eigenvalue weighted by atomic mass is 16.5. The fourth-order valence-electron chi connectivity index (χ4n) is 1.40. The first kappa shape index (κ1) is 11.2. The molecule has 3 heteroatoms. The van der Waals surface area contributed by atoms with Crippen molar-refractivity contribution in [3.05, 3.63) is 60.2 Å². The zero-order valence-corrected chi connectivity index (χ0v) is 9.42. The van der Waals surface area contributed by atoms with Crippen molar-refractivity contribution < 1.29 is 9.94 Å². The van der Waals surface area contributed by atoms with Gasteiger partial charge in [-0.25, -0.2) is 0 Å². The second-order valence-corrected chi connectivity index (χ2v) is 3.55. The summed E-state index contributed by atoms with van der Waals surface area (Å²) in [7, 11) is 0. The third-order valence-electron chi connectivity index (χ3n) is 2.35. The van der Waals surface area contributed by atoms with Crippen LogP contribution in [-0.2, 0) is 0 Å². The number of ether oxygens (including phenoxy) is 1. The van der Waals surface area contributed by atoms with Crippen LogP contribution >= 0.6 is 0 Å². The van der Waals surface area contributed by atoms with Crippen molar-refractivity contribution in [1.82, 2.24) is 0 Å². The molecule has 0 saturated carbocycles. The Bertz CT molecular complexity index is 504. The van der Waals surface area contributed by atoms with E-state index in [1.54, 1.807) is 19.1 Å². The van der Waals surface area contributed by atoms with Crippen LogP contribution in [0.25, 0.3) is 0 Å². The van der Waals surface area contributed by atoms with Crippen molar-refractivity contribution in [1.29, 1.82) is 0 Å². The standard InChI is InChI=1S/C14H12NO2/c1-11(15-16)12-7-9-14(10-8-12)17-13-5-3-2-4-6-13/h3-10,16H,1H3/b15-11+. The minimum absolute atomic E-state index is 0.575. The SMILES string of the molecule is C/C(=N\O)c1ccc(Oc2cc[c]cc2)cc1. The second-order valence-electron chi connectivity index (χ2n) is 3.55. The highest BCUT2D eigenvalue weighted by Gasteiger charge is 1.99. The van der Waals surface area contributed by atoms with Gasteiger partial charge in [-0.1, -0.05) is 17.3 Å². The van der Waals surface area contributed by atoms with Crippen LogP contribution in [0.4, 0.5) is 0 Å². The Kier molecular flexibility index (Phi) is 3.40. The summed E-state index contributed by atoms with van der Waals surface area (Å²) < 4.78 is 5.62. The molecular formula is C14H12NO2. The molecule has 0 aliphatic heterocycles. The molecule has 0 aliphatic carbocycles. The van der Waals surface area contributed by atoms with Crippen LogP contribution in [-0.4, -0.2) is 10.9 Å². The summed E-state index contributed by atoms with van der Waals surface area (Å²) >= 11 is 0. The third-order valence-corrected chi connectivity index (χ3v) is 2.35. The van der Waals surface area contributed by atoms with Crippen molar-refractivity contribution in [3.8, 4) is 11.5 Å². The fraction of sp³-hybridized carbons (Fsp3) is 0.0714. The quantitative estimate of drug-likeness (QED) is 0.494. The van der Waals surface area contributed by atoms with Gasteiger partial charge in [0.25, 0.3) is 0 Å². The number of benzene rings is 2. The van der Waals surface area contributed by atoms with Gasteiger partial charge in [-0.15, -0.1) is 0 Å². The Morgan fingerprint density at radius 1 is 1.06 bits per heavy atom. The lowest BCUT2D eigenvalue weighted by Gasteiger charge is -2.05. The Labute approximate surface area is 100.0 Å². The summed E-state index contributed by atoms with van der Waals surface area (Å²) in [6.45, 7) is 1.74. The number of hydrogen-bond acceptors (Lipinski definition) is 3. The van der Waals surface area contributed by atoms with Gasteiger partial charge in [0.2, 0.25) is 0 Å². The average molecular weight is 226 g/mol. The van der Waals surface area contributed by atoms with Gasteiger partial charge in [0.05, 0.1) is 5.71 Å². The molecule has 2 aromatic rings. The summed E-state index contributed by atoms with van der Waals surface area (Å²) in [6, 6.07) is 17.6. The van der Waals surface area contributed by atoms with E-state index >= 15 is 0 Å². The molecule has 0 aromatic heterocycles. The number of nitrogens with zero attached hydrogens (tertiary/aromatic N) is 1. The summed E-state index contributed by atoms with van der Waals surface area (Å²) in [4.78, 5) is 0. The summed E-state index contributed by atoms with van der Waals surface area (Å²) in [5.74, 6) is 1.51. The number of oxime groups is 1. The maximum atomic E-state index is 8.65. The van der Waals surface area contributed by atoms with E-state index in [0.717, 1.165) is 17.1 Å². The van der Waals surface area contributed by atoms with Crippen LogP contribution in [0.15, 0.2) is 53.7 Å².